The molecule has 2 atom stereocenters. The van der Waals surface area contributed by atoms with E-state index in [9.17, 15) is 13.6 Å². The van der Waals surface area contributed by atoms with Crippen molar-refractivity contribution in [2.24, 2.45) is 0 Å². The molecule has 112 valence electrons. The Bertz CT molecular complexity index is 765. The van der Waals surface area contributed by atoms with Gasteiger partial charge in [0.15, 0.2) is 0 Å². The van der Waals surface area contributed by atoms with E-state index in [0.717, 1.165) is 22.3 Å². The van der Waals surface area contributed by atoms with Crippen molar-refractivity contribution in [1.29, 1.82) is 0 Å². The van der Waals surface area contributed by atoms with E-state index in [1.165, 1.54) is 6.20 Å². The molecule has 1 aliphatic rings. The fraction of sp³-hybridized carbons (Fsp3) is 0.312. The molecule has 2 rings (SSSR count). The first-order valence-corrected chi connectivity index (χ1v) is 7.87. The van der Waals surface area contributed by atoms with Gasteiger partial charge in [-0.25, -0.2) is 0 Å². The number of rotatable bonds is 2. The van der Waals surface area contributed by atoms with Gasteiger partial charge in [-0.3, -0.25) is 0 Å². The van der Waals surface area contributed by atoms with Gasteiger partial charge in [-0.15, -0.1) is 0 Å². The Morgan fingerprint density at radius 1 is 1.19 bits per heavy atom. The molecule has 0 fully saturated rings. The van der Waals surface area contributed by atoms with E-state index in [2.05, 4.69) is 6.07 Å². The third-order valence-corrected chi connectivity index (χ3v) is 4.63. The number of nitrogens with one attached hydrogen (secondary N) is 1. The molecule has 4 nitrogen and oxygen atoms in total. The summed E-state index contributed by atoms with van der Waals surface area (Å²) in [5.41, 5.74) is 4.68. The van der Waals surface area contributed by atoms with Gasteiger partial charge < -0.3 is 10.3 Å². The highest BCUT2D eigenvalue weighted by molar-refractivity contribution is 7.73. The molecular formula is C16H19NO3S. The quantitative estimate of drug-likeness (QED) is 0.667. The van der Waals surface area contributed by atoms with Gasteiger partial charge >= 0.3 is 0 Å². The van der Waals surface area contributed by atoms with Crippen LogP contribution >= 0.6 is 0 Å². The zero-order chi connectivity index (χ0) is 15.7. The van der Waals surface area contributed by atoms with Crippen LogP contribution in [0.25, 0.3) is 0 Å². The summed E-state index contributed by atoms with van der Waals surface area (Å²) >= 11 is 0. The van der Waals surface area contributed by atoms with Crippen LogP contribution in [0.5, 0.6) is 0 Å². The summed E-state index contributed by atoms with van der Waals surface area (Å²) in [4.78, 5) is -0.108. The van der Waals surface area contributed by atoms with Gasteiger partial charge in [0.25, 0.3) is 15.3 Å². The second-order valence-electron chi connectivity index (χ2n) is 5.44. The fourth-order valence-electron chi connectivity index (χ4n) is 2.77. The van der Waals surface area contributed by atoms with Crippen LogP contribution < -0.4 is 5.06 Å². The van der Waals surface area contributed by atoms with E-state index >= 15 is 0 Å². The maximum Gasteiger partial charge on any atom is 0.277 e. The number of hydroxylamine groups is 2. The van der Waals surface area contributed by atoms with Crippen LogP contribution in [-0.4, -0.2) is 13.4 Å². The molecule has 5 heteroatoms. The van der Waals surface area contributed by atoms with Crippen LogP contribution in [-0.2, 0) is 10.3 Å². The van der Waals surface area contributed by atoms with Crippen molar-refractivity contribution in [2.75, 3.05) is 0 Å². The van der Waals surface area contributed by atoms with Crippen molar-refractivity contribution in [3.05, 3.63) is 63.5 Å². The van der Waals surface area contributed by atoms with Crippen LogP contribution in [0.15, 0.2) is 41.6 Å². The van der Waals surface area contributed by atoms with Gasteiger partial charge in [0.05, 0.1) is 0 Å². The van der Waals surface area contributed by atoms with Gasteiger partial charge in [-0.1, -0.05) is 30.7 Å². The van der Waals surface area contributed by atoms with Crippen molar-refractivity contribution in [3.63, 3.8) is 0 Å². The summed E-state index contributed by atoms with van der Waals surface area (Å²) < 4.78 is 23.0. The van der Waals surface area contributed by atoms with Gasteiger partial charge in [-0.05, 0) is 43.5 Å². The first kappa shape index (κ1) is 15.7. The molecule has 0 aliphatic carbocycles. The normalized spacial score (nSPS) is 19.9. The minimum atomic E-state index is -2.53. The standard InChI is InChI=1S/C16H19NO3S/c1-10-5-6-11(2)14(9-10)13(4)15-12(3)7-8-17(18)16(15)21(19)20/h5-9,13,17H,1-4H3. The smallest absolute Gasteiger partial charge is 0.277 e. The van der Waals surface area contributed by atoms with Gasteiger partial charge in [0, 0.05) is 11.5 Å². The molecule has 1 aromatic rings. The van der Waals surface area contributed by atoms with Crippen molar-refractivity contribution >= 4 is 15.3 Å². The van der Waals surface area contributed by atoms with E-state index in [1.54, 1.807) is 6.08 Å². The number of hydrogen-bond acceptors (Lipinski definition) is 3. The maximum atomic E-state index is 11.9. The summed E-state index contributed by atoms with van der Waals surface area (Å²) in [5.74, 6) is -0.147. The molecule has 0 radical (unpaired) electrons. The van der Waals surface area contributed by atoms with Gasteiger partial charge in [0.1, 0.15) is 6.20 Å². The Kier molecular flexibility index (Phi) is 4.46. The first-order valence-electron chi connectivity index (χ1n) is 6.79. The monoisotopic (exact) mass is 305 g/mol. The molecule has 0 saturated heterocycles. The average Bonchev–Trinajstić information content (AvgIpc) is 2.42. The highest BCUT2D eigenvalue weighted by Crippen LogP contribution is 2.30. The summed E-state index contributed by atoms with van der Waals surface area (Å²) in [6, 6.07) is 6.09. The Balaban J connectivity index is 2.65. The van der Waals surface area contributed by atoms with Crippen molar-refractivity contribution in [1.82, 2.24) is 0 Å². The zero-order valence-electron chi connectivity index (χ0n) is 12.6. The topological polar surface area (TPSA) is 61.6 Å². The molecule has 1 aromatic carbocycles. The lowest BCUT2D eigenvalue weighted by molar-refractivity contribution is -0.680. The van der Waals surface area contributed by atoms with E-state index in [4.69, 9.17) is 0 Å². The van der Waals surface area contributed by atoms with Crippen molar-refractivity contribution < 1.29 is 13.5 Å². The number of hydrogen-bond donors (Lipinski definition) is 1. The van der Waals surface area contributed by atoms with E-state index in [1.807, 2.05) is 39.8 Å². The van der Waals surface area contributed by atoms with E-state index in [-0.39, 0.29) is 10.9 Å². The SMILES string of the molecule is CC1=C(C(C)c2cc(C)ccc2C)C(=S(=O)=O)[NH+]([O-])C=C1. The largest absolute Gasteiger partial charge is 0.623 e. The van der Waals surface area contributed by atoms with Crippen LogP contribution in [0.1, 0.15) is 36.5 Å². The minimum absolute atomic E-state index is 0.108. The third-order valence-electron chi connectivity index (χ3n) is 3.88. The molecule has 1 N–H and O–H groups in total. The highest BCUT2D eigenvalue weighted by Gasteiger charge is 2.28. The molecular weight excluding hydrogens is 286 g/mol. The van der Waals surface area contributed by atoms with E-state index < -0.39 is 15.4 Å². The lowest BCUT2D eigenvalue weighted by Crippen LogP contribution is -3.06. The minimum Gasteiger partial charge on any atom is -0.623 e. The van der Waals surface area contributed by atoms with Gasteiger partial charge in [-0.2, -0.15) is 8.42 Å². The summed E-state index contributed by atoms with van der Waals surface area (Å²) in [6.07, 6.45) is 3.01. The molecule has 1 aliphatic heterocycles. The zero-order valence-corrected chi connectivity index (χ0v) is 13.4. The maximum absolute atomic E-state index is 11.9. The second kappa shape index (κ2) is 5.97. The third kappa shape index (κ3) is 3.00. The molecule has 0 spiro atoms. The summed E-state index contributed by atoms with van der Waals surface area (Å²) in [6.45, 7) is 7.78. The summed E-state index contributed by atoms with van der Waals surface area (Å²) in [7, 11) is -2.53. The van der Waals surface area contributed by atoms with Crippen LogP contribution in [0.4, 0.5) is 0 Å². The van der Waals surface area contributed by atoms with Crippen molar-refractivity contribution in [2.45, 2.75) is 33.6 Å². The number of quaternary nitrogens is 1. The Morgan fingerprint density at radius 3 is 2.48 bits per heavy atom. The summed E-state index contributed by atoms with van der Waals surface area (Å²) in [5, 5.41) is 11.5. The van der Waals surface area contributed by atoms with Crippen LogP contribution in [0.3, 0.4) is 0 Å². The molecule has 2 unspecified atom stereocenters. The number of benzene rings is 1. The predicted molar refractivity (Wildman–Crippen MR) is 84.4 cm³/mol. The molecule has 21 heavy (non-hydrogen) atoms. The van der Waals surface area contributed by atoms with Crippen LogP contribution in [0.2, 0.25) is 0 Å². The molecule has 0 bridgehead atoms. The first-order chi connectivity index (χ1) is 9.82. The van der Waals surface area contributed by atoms with Crippen LogP contribution in [0, 0.1) is 19.1 Å². The Hall–Kier alpha value is -1.69. The Morgan fingerprint density at radius 2 is 1.86 bits per heavy atom. The highest BCUT2D eigenvalue weighted by atomic mass is 32.2. The fourth-order valence-corrected chi connectivity index (χ4v) is 3.52. The lowest BCUT2D eigenvalue weighted by atomic mass is 9.85. The molecule has 0 aromatic heterocycles. The molecule has 1 heterocycles. The predicted octanol–water partition coefficient (Wildman–Crippen LogP) is 1.64. The average molecular weight is 305 g/mol. The Labute approximate surface area is 126 Å². The lowest BCUT2D eigenvalue weighted by Gasteiger charge is -2.27. The van der Waals surface area contributed by atoms with Gasteiger partial charge in [0.2, 0.25) is 0 Å². The van der Waals surface area contributed by atoms with Crippen molar-refractivity contribution in [3.8, 4) is 0 Å². The molecule has 0 amide bonds. The number of allylic oxidation sites excluding steroid dienone is 2. The number of aryl methyl sites for hydroxylation is 2. The molecule has 0 saturated carbocycles. The second-order valence-corrected chi connectivity index (χ2v) is 6.32. The van der Waals surface area contributed by atoms with E-state index in [0.29, 0.717) is 5.57 Å².